The van der Waals surface area contributed by atoms with Crippen LogP contribution in [0.25, 0.3) is 0 Å². The maximum Gasteiger partial charge on any atom is 0.308 e. The molecular formula is C19H22N2O3. The minimum Gasteiger partial charge on any atom is -0.469 e. The molecule has 1 aliphatic heterocycles. The molecule has 0 bridgehead atoms. The highest BCUT2D eigenvalue weighted by Gasteiger charge is 2.27. The number of ether oxygens (including phenoxy) is 2. The van der Waals surface area contributed by atoms with E-state index in [4.69, 9.17) is 9.47 Å². The zero-order chi connectivity index (χ0) is 16.9. The first-order chi connectivity index (χ1) is 11.7. The van der Waals surface area contributed by atoms with Crippen molar-refractivity contribution in [3.05, 3.63) is 48.2 Å². The molecule has 2 heterocycles. The van der Waals surface area contributed by atoms with E-state index in [9.17, 15) is 4.79 Å². The molecule has 1 aromatic heterocycles. The van der Waals surface area contributed by atoms with Crippen molar-refractivity contribution >= 4 is 11.7 Å². The van der Waals surface area contributed by atoms with Gasteiger partial charge in [0.25, 0.3) is 0 Å². The van der Waals surface area contributed by atoms with Crippen molar-refractivity contribution in [1.82, 2.24) is 4.98 Å². The van der Waals surface area contributed by atoms with Gasteiger partial charge in [-0.2, -0.15) is 0 Å². The van der Waals surface area contributed by atoms with E-state index in [1.807, 2.05) is 43.3 Å². The lowest BCUT2D eigenvalue weighted by molar-refractivity contribution is -0.146. The third-order valence-electron chi connectivity index (χ3n) is 4.36. The number of piperidine rings is 1. The number of hydrogen-bond acceptors (Lipinski definition) is 5. The fourth-order valence-electron chi connectivity index (χ4n) is 2.94. The molecule has 5 nitrogen and oxygen atoms in total. The van der Waals surface area contributed by atoms with Crippen LogP contribution in [-0.4, -0.2) is 31.2 Å². The number of anilines is 1. The summed E-state index contributed by atoms with van der Waals surface area (Å²) in [5.41, 5.74) is 2.15. The summed E-state index contributed by atoms with van der Waals surface area (Å²) in [6, 6.07) is 11.8. The van der Waals surface area contributed by atoms with Gasteiger partial charge in [0.2, 0.25) is 5.88 Å². The van der Waals surface area contributed by atoms with Crippen LogP contribution in [0.4, 0.5) is 5.69 Å². The molecule has 0 N–H and O–H groups in total. The van der Waals surface area contributed by atoms with E-state index in [2.05, 4.69) is 9.88 Å². The highest BCUT2D eigenvalue weighted by Crippen LogP contribution is 2.32. The third-order valence-corrected chi connectivity index (χ3v) is 4.36. The second-order valence-corrected chi connectivity index (χ2v) is 6.03. The highest BCUT2D eigenvalue weighted by molar-refractivity contribution is 5.72. The van der Waals surface area contributed by atoms with Gasteiger partial charge in [-0.1, -0.05) is 17.7 Å². The summed E-state index contributed by atoms with van der Waals surface area (Å²) in [6.45, 7) is 3.62. The first kappa shape index (κ1) is 16.3. The molecular weight excluding hydrogens is 304 g/mol. The molecule has 1 fully saturated rings. The van der Waals surface area contributed by atoms with Crippen molar-refractivity contribution < 1.29 is 14.3 Å². The second-order valence-electron chi connectivity index (χ2n) is 6.03. The molecule has 0 radical (unpaired) electrons. The molecule has 3 rings (SSSR count). The summed E-state index contributed by atoms with van der Waals surface area (Å²) in [6.07, 6.45) is 3.30. The molecule has 0 atom stereocenters. The normalized spacial score (nSPS) is 15.2. The van der Waals surface area contributed by atoms with Gasteiger partial charge in [0.15, 0.2) is 0 Å². The molecule has 0 amide bonds. The smallest absolute Gasteiger partial charge is 0.308 e. The number of hydrogen-bond donors (Lipinski definition) is 0. The number of aryl methyl sites for hydroxylation is 1. The van der Waals surface area contributed by atoms with E-state index in [0.29, 0.717) is 5.88 Å². The van der Waals surface area contributed by atoms with Crippen LogP contribution in [0.3, 0.4) is 0 Å². The average Bonchev–Trinajstić information content (AvgIpc) is 2.63. The van der Waals surface area contributed by atoms with Gasteiger partial charge >= 0.3 is 5.97 Å². The average molecular weight is 326 g/mol. The number of rotatable bonds is 4. The van der Waals surface area contributed by atoms with E-state index in [1.165, 1.54) is 12.7 Å². The molecule has 1 saturated heterocycles. The Hall–Kier alpha value is -2.56. The van der Waals surface area contributed by atoms with Crippen molar-refractivity contribution in [2.75, 3.05) is 25.1 Å². The van der Waals surface area contributed by atoms with Crippen LogP contribution in [-0.2, 0) is 9.53 Å². The number of pyridine rings is 1. The fourth-order valence-corrected chi connectivity index (χ4v) is 2.94. The van der Waals surface area contributed by atoms with Crippen LogP contribution in [0.1, 0.15) is 18.4 Å². The Balaban J connectivity index is 1.73. The molecule has 2 aromatic rings. The Morgan fingerprint density at radius 3 is 2.54 bits per heavy atom. The maximum absolute atomic E-state index is 11.7. The number of nitrogens with zero attached hydrogens (tertiary/aromatic N) is 2. The van der Waals surface area contributed by atoms with Gasteiger partial charge in [-0.15, -0.1) is 0 Å². The van der Waals surface area contributed by atoms with Gasteiger partial charge in [-0.25, -0.2) is 4.98 Å². The maximum atomic E-state index is 11.7. The van der Waals surface area contributed by atoms with Gasteiger partial charge in [-0.3, -0.25) is 4.79 Å². The van der Waals surface area contributed by atoms with E-state index < -0.39 is 0 Å². The molecule has 1 aromatic carbocycles. The Morgan fingerprint density at radius 2 is 1.88 bits per heavy atom. The molecule has 0 aliphatic carbocycles. The van der Waals surface area contributed by atoms with E-state index in [-0.39, 0.29) is 11.9 Å². The predicted octanol–water partition coefficient (Wildman–Crippen LogP) is 3.57. The van der Waals surface area contributed by atoms with Crippen molar-refractivity contribution in [1.29, 1.82) is 0 Å². The van der Waals surface area contributed by atoms with Crippen molar-refractivity contribution in [2.45, 2.75) is 19.8 Å². The summed E-state index contributed by atoms with van der Waals surface area (Å²) < 4.78 is 10.8. The van der Waals surface area contributed by atoms with E-state index in [0.717, 1.165) is 37.4 Å². The van der Waals surface area contributed by atoms with Crippen molar-refractivity contribution in [3.63, 3.8) is 0 Å². The number of carbonyl (C=O) groups excluding carboxylic acids is 1. The standard InChI is InChI=1S/C19H22N2O3/c1-14-5-7-16(8-6-14)24-18-17(4-3-11-20-18)21-12-9-15(10-13-21)19(22)23-2/h3-8,11,15H,9-10,12-13H2,1-2H3. The molecule has 126 valence electrons. The third kappa shape index (κ3) is 3.67. The summed E-state index contributed by atoms with van der Waals surface area (Å²) in [5.74, 6) is 1.24. The summed E-state index contributed by atoms with van der Waals surface area (Å²) >= 11 is 0. The number of benzene rings is 1. The van der Waals surface area contributed by atoms with Crippen LogP contribution < -0.4 is 9.64 Å². The molecule has 24 heavy (non-hydrogen) atoms. The Kier molecular flexibility index (Phi) is 4.99. The predicted molar refractivity (Wildman–Crippen MR) is 92.4 cm³/mol. The fraction of sp³-hybridized carbons (Fsp3) is 0.368. The zero-order valence-electron chi connectivity index (χ0n) is 14.1. The summed E-state index contributed by atoms with van der Waals surface area (Å²) in [7, 11) is 1.45. The van der Waals surface area contributed by atoms with Crippen LogP contribution in [0.2, 0.25) is 0 Å². The summed E-state index contributed by atoms with van der Waals surface area (Å²) in [4.78, 5) is 18.3. The first-order valence-electron chi connectivity index (χ1n) is 8.19. The Labute approximate surface area is 142 Å². The monoisotopic (exact) mass is 326 g/mol. The Bertz CT molecular complexity index is 692. The van der Waals surface area contributed by atoms with Crippen LogP contribution in [0.5, 0.6) is 11.6 Å². The quantitative estimate of drug-likeness (QED) is 0.804. The van der Waals surface area contributed by atoms with Gasteiger partial charge in [0.05, 0.1) is 13.0 Å². The molecule has 1 aliphatic rings. The lowest BCUT2D eigenvalue weighted by atomic mass is 9.97. The largest absolute Gasteiger partial charge is 0.469 e. The van der Waals surface area contributed by atoms with Crippen LogP contribution in [0, 0.1) is 12.8 Å². The van der Waals surface area contributed by atoms with Crippen LogP contribution >= 0.6 is 0 Å². The van der Waals surface area contributed by atoms with Crippen molar-refractivity contribution in [3.8, 4) is 11.6 Å². The first-order valence-corrected chi connectivity index (χ1v) is 8.19. The minimum atomic E-state index is -0.114. The number of aromatic nitrogens is 1. The second kappa shape index (κ2) is 7.34. The Morgan fingerprint density at radius 1 is 1.17 bits per heavy atom. The van der Waals surface area contributed by atoms with Gasteiger partial charge in [-0.05, 0) is 44.0 Å². The van der Waals surface area contributed by atoms with Crippen molar-refractivity contribution in [2.24, 2.45) is 5.92 Å². The molecule has 5 heteroatoms. The topological polar surface area (TPSA) is 51.7 Å². The lowest BCUT2D eigenvalue weighted by Crippen LogP contribution is -2.37. The number of methoxy groups -OCH3 is 1. The highest BCUT2D eigenvalue weighted by atomic mass is 16.5. The van der Waals surface area contributed by atoms with Crippen LogP contribution in [0.15, 0.2) is 42.6 Å². The van der Waals surface area contributed by atoms with Gasteiger partial charge in [0.1, 0.15) is 11.4 Å². The van der Waals surface area contributed by atoms with E-state index in [1.54, 1.807) is 6.20 Å². The summed E-state index contributed by atoms with van der Waals surface area (Å²) in [5, 5.41) is 0. The lowest BCUT2D eigenvalue weighted by Gasteiger charge is -2.32. The van der Waals surface area contributed by atoms with Gasteiger partial charge in [0, 0.05) is 19.3 Å². The van der Waals surface area contributed by atoms with Gasteiger partial charge < -0.3 is 14.4 Å². The number of carbonyl (C=O) groups is 1. The van der Waals surface area contributed by atoms with E-state index >= 15 is 0 Å². The number of esters is 1. The minimum absolute atomic E-state index is 0.00983. The molecule has 0 saturated carbocycles. The molecule has 0 spiro atoms. The molecule has 0 unspecified atom stereocenters. The SMILES string of the molecule is COC(=O)C1CCN(c2cccnc2Oc2ccc(C)cc2)CC1. The zero-order valence-corrected chi connectivity index (χ0v) is 14.1.